The summed E-state index contributed by atoms with van der Waals surface area (Å²) in [5.74, 6) is 0.390. The summed E-state index contributed by atoms with van der Waals surface area (Å²) < 4.78 is 11.7. The number of rotatable bonds is 6. The summed E-state index contributed by atoms with van der Waals surface area (Å²) in [7, 11) is -1.23. The zero-order valence-electron chi connectivity index (χ0n) is 18.6. The molecule has 4 aliphatic heterocycles. The normalized spacial score (nSPS) is 24.4. The van der Waals surface area contributed by atoms with Gasteiger partial charge in [-0.1, -0.05) is 17.8 Å². The Morgan fingerprint density at radius 1 is 1.35 bits per heavy atom. The Morgan fingerprint density at radius 3 is 2.85 bits per heavy atom. The van der Waals surface area contributed by atoms with E-state index in [-0.39, 0.29) is 46.0 Å². The molecule has 5 rings (SSSR count). The van der Waals surface area contributed by atoms with Gasteiger partial charge in [-0.15, -0.1) is 11.8 Å². The largest absolute Gasteiger partial charge is 0.536 e. The van der Waals surface area contributed by atoms with Gasteiger partial charge in [0, 0.05) is 24.9 Å². The molecule has 0 saturated carbocycles. The maximum absolute atomic E-state index is 12.4. The summed E-state index contributed by atoms with van der Waals surface area (Å²) in [6.07, 6.45) is 1.05. The predicted molar refractivity (Wildman–Crippen MR) is 132 cm³/mol. The summed E-state index contributed by atoms with van der Waals surface area (Å²) in [5.41, 5.74) is 6.48. The van der Waals surface area contributed by atoms with Crippen LogP contribution < -0.4 is 15.1 Å². The van der Waals surface area contributed by atoms with Crippen molar-refractivity contribution in [3.05, 3.63) is 23.3 Å². The van der Waals surface area contributed by atoms with Crippen molar-refractivity contribution in [3.8, 4) is 11.5 Å². The number of carboxylic acid groups (broad SMARTS) is 1. The van der Waals surface area contributed by atoms with Crippen LogP contribution >= 0.6 is 23.5 Å². The second-order valence-corrected chi connectivity index (χ2v) is 11.1. The fraction of sp³-hybridized carbons (Fsp3) is 0.571. The molecule has 1 amide bonds. The number of hydrogen-bond acceptors (Lipinski definition) is 10. The van der Waals surface area contributed by atoms with Gasteiger partial charge in [0.1, 0.15) is 23.2 Å². The van der Waals surface area contributed by atoms with Crippen LogP contribution in [-0.4, -0.2) is 106 Å². The van der Waals surface area contributed by atoms with Gasteiger partial charge in [0.05, 0.1) is 30.5 Å². The van der Waals surface area contributed by atoms with Crippen molar-refractivity contribution in [2.24, 2.45) is 10.7 Å². The summed E-state index contributed by atoms with van der Waals surface area (Å²) >= 11 is 3.04. The highest BCUT2D eigenvalue weighted by molar-refractivity contribution is 8.14. The van der Waals surface area contributed by atoms with Crippen molar-refractivity contribution in [1.29, 1.82) is 0 Å². The Morgan fingerprint density at radius 2 is 2.18 bits per heavy atom. The molecule has 0 aliphatic carbocycles. The molecule has 0 aromatic heterocycles. The molecular formula is C21H27BN4O6S2. The number of aromatic carboxylic acids is 1. The van der Waals surface area contributed by atoms with Crippen molar-refractivity contribution in [3.63, 3.8) is 0 Å². The number of carbonyl (C=O) groups is 2. The number of hydrogen-bond donors (Lipinski definition) is 3. The molecule has 10 nitrogen and oxygen atoms in total. The van der Waals surface area contributed by atoms with Crippen LogP contribution in [0.1, 0.15) is 22.3 Å². The molecule has 0 radical (unpaired) electrons. The maximum Gasteiger partial charge on any atom is 0.536 e. The van der Waals surface area contributed by atoms with E-state index in [0.717, 1.165) is 23.9 Å². The number of aliphatic imine (C=N–C) groups is 1. The number of nitrogens with zero attached hydrogens (tertiary/aromatic N) is 3. The number of thioether (sulfide) groups is 2. The minimum atomic E-state index is -1.23. The monoisotopic (exact) mass is 506 g/mol. The topological polar surface area (TPSA) is 138 Å². The summed E-state index contributed by atoms with van der Waals surface area (Å²) in [6.45, 7) is 3.35. The van der Waals surface area contributed by atoms with Crippen molar-refractivity contribution >= 4 is 47.7 Å². The first-order valence-electron chi connectivity index (χ1n) is 11.4. The van der Waals surface area contributed by atoms with Gasteiger partial charge in [-0.25, -0.2) is 4.79 Å². The molecule has 4 aliphatic rings. The zero-order valence-corrected chi connectivity index (χ0v) is 20.2. The van der Waals surface area contributed by atoms with Crippen LogP contribution in [0.3, 0.4) is 0 Å². The Bertz CT molecular complexity index is 1010. The van der Waals surface area contributed by atoms with E-state index in [9.17, 15) is 19.7 Å². The highest BCUT2D eigenvalue weighted by Gasteiger charge is 2.40. The number of amides is 1. The van der Waals surface area contributed by atoms with E-state index in [4.69, 9.17) is 15.1 Å². The molecule has 2 fully saturated rings. The molecule has 2 atom stereocenters. The molecule has 2 saturated heterocycles. The highest BCUT2D eigenvalue weighted by Crippen LogP contribution is 2.39. The van der Waals surface area contributed by atoms with E-state index in [1.807, 2.05) is 0 Å². The third-order valence-corrected chi connectivity index (χ3v) is 8.65. The van der Waals surface area contributed by atoms with Crippen molar-refractivity contribution in [2.45, 2.75) is 30.1 Å². The number of fused-ring (bicyclic) bond motifs is 1. The van der Waals surface area contributed by atoms with E-state index in [1.165, 1.54) is 11.8 Å². The zero-order chi connectivity index (χ0) is 23.8. The average molecular weight is 506 g/mol. The molecule has 0 bridgehead atoms. The first-order valence-corrected chi connectivity index (χ1v) is 13.4. The first kappa shape index (κ1) is 23.6. The fourth-order valence-electron chi connectivity index (χ4n) is 4.51. The molecule has 2 unspecified atom stereocenters. The minimum Gasteiger partial charge on any atom is -0.534 e. The molecule has 4 N–H and O–H groups in total. The molecular weight excluding hydrogens is 479 g/mol. The van der Waals surface area contributed by atoms with Crippen LogP contribution in [0, 0.1) is 0 Å². The number of carbonyl (C=O) groups excluding carboxylic acids is 1. The van der Waals surface area contributed by atoms with Crippen molar-refractivity contribution in [1.82, 2.24) is 9.80 Å². The van der Waals surface area contributed by atoms with Gasteiger partial charge in [0.2, 0.25) is 5.91 Å². The van der Waals surface area contributed by atoms with Gasteiger partial charge in [-0.2, -0.15) is 0 Å². The lowest BCUT2D eigenvalue weighted by Gasteiger charge is -2.40. The van der Waals surface area contributed by atoms with E-state index in [0.29, 0.717) is 38.2 Å². The van der Waals surface area contributed by atoms with E-state index >= 15 is 0 Å². The highest BCUT2D eigenvalue weighted by atomic mass is 32.2. The number of benzene rings is 1. The van der Waals surface area contributed by atoms with Crippen LogP contribution in [0.2, 0.25) is 0 Å². The van der Waals surface area contributed by atoms with Gasteiger partial charge >= 0.3 is 13.1 Å². The third kappa shape index (κ3) is 4.84. The van der Waals surface area contributed by atoms with Gasteiger partial charge in [-0.3, -0.25) is 9.79 Å². The lowest BCUT2D eigenvalue weighted by atomic mass is 9.77. The van der Waals surface area contributed by atoms with E-state index in [1.54, 1.807) is 28.8 Å². The molecule has 182 valence electrons. The summed E-state index contributed by atoms with van der Waals surface area (Å²) in [6, 6.07) is 3.46. The maximum atomic E-state index is 12.4. The average Bonchev–Trinajstić information content (AvgIpc) is 3.45. The number of ether oxygens (including phenoxy) is 1. The van der Waals surface area contributed by atoms with E-state index < -0.39 is 13.1 Å². The van der Waals surface area contributed by atoms with Gasteiger partial charge in [0.15, 0.2) is 5.17 Å². The Hall–Kier alpha value is -2.09. The van der Waals surface area contributed by atoms with Crippen LogP contribution in [0.5, 0.6) is 11.5 Å². The Labute approximate surface area is 206 Å². The number of carboxylic acids is 1. The Balaban J connectivity index is 1.23. The SMILES string of the molecule is NC1CCN(C(=O)CSC2Cc3ccc(OC4CN(C5=NCCS5)C4)c(C(=O)O)c3OB2O)C1. The van der Waals surface area contributed by atoms with Crippen molar-refractivity contribution < 1.29 is 29.1 Å². The number of amidine groups is 1. The quantitative estimate of drug-likeness (QED) is 0.458. The van der Waals surface area contributed by atoms with Crippen LogP contribution in [0.4, 0.5) is 0 Å². The lowest BCUT2D eigenvalue weighted by Crippen LogP contribution is -2.55. The molecule has 13 heteroatoms. The molecule has 4 heterocycles. The third-order valence-electron chi connectivity index (χ3n) is 6.37. The fourth-order valence-corrected chi connectivity index (χ4v) is 6.44. The second kappa shape index (κ2) is 9.88. The molecule has 1 aromatic carbocycles. The smallest absolute Gasteiger partial charge is 0.534 e. The van der Waals surface area contributed by atoms with Crippen LogP contribution in [0.25, 0.3) is 0 Å². The van der Waals surface area contributed by atoms with Gasteiger partial charge in [-0.05, 0) is 24.5 Å². The Kier molecular flexibility index (Phi) is 6.87. The molecule has 34 heavy (non-hydrogen) atoms. The second-order valence-electron chi connectivity index (χ2n) is 8.84. The van der Waals surface area contributed by atoms with E-state index in [2.05, 4.69) is 9.89 Å². The molecule has 1 aromatic rings. The lowest BCUT2D eigenvalue weighted by molar-refractivity contribution is -0.127. The minimum absolute atomic E-state index is 0.0116. The summed E-state index contributed by atoms with van der Waals surface area (Å²) in [5, 5.41) is 21.1. The summed E-state index contributed by atoms with van der Waals surface area (Å²) in [4.78, 5) is 32.8. The van der Waals surface area contributed by atoms with Crippen LogP contribution in [0.15, 0.2) is 17.1 Å². The predicted octanol–water partition coefficient (Wildman–Crippen LogP) is 0.167. The molecule has 0 spiro atoms. The van der Waals surface area contributed by atoms with Crippen LogP contribution in [-0.2, 0) is 11.2 Å². The number of likely N-dealkylation sites (tertiary alicyclic amines) is 2. The first-order chi connectivity index (χ1) is 16.4. The standard InChI is InChI=1S/C21H27BN4O6S2/c23-13-3-5-25(8-13)17(27)11-34-16-7-12-1-2-15(18(20(28)29)19(12)32-22(16)30)31-14-9-26(10-14)21-24-4-6-33-21/h1-2,13-14,16,30H,3-11,23H2,(H,28,29). The van der Waals surface area contributed by atoms with Gasteiger partial charge < -0.3 is 35.1 Å². The van der Waals surface area contributed by atoms with Crippen molar-refractivity contribution in [2.75, 3.05) is 44.2 Å². The number of nitrogens with two attached hydrogens (primary N) is 1. The van der Waals surface area contributed by atoms with Gasteiger partial charge in [0.25, 0.3) is 0 Å².